The molecule has 2 saturated heterocycles. The predicted octanol–water partition coefficient (Wildman–Crippen LogP) is 1.37. The second-order valence-corrected chi connectivity index (χ2v) is 6.15. The Labute approximate surface area is 81.5 Å². The molecule has 0 aliphatic carbocycles. The van der Waals surface area contributed by atoms with Crippen LogP contribution in [0.25, 0.3) is 0 Å². The molecule has 0 saturated carbocycles. The highest BCUT2D eigenvalue weighted by molar-refractivity contribution is 7.86. The van der Waals surface area contributed by atoms with E-state index in [1.165, 1.54) is 0 Å². The molecule has 0 spiro atoms. The summed E-state index contributed by atoms with van der Waals surface area (Å²) in [7, 11) is -0.663. The van der Waals surface area contributed by atoms with Crippen molar-refractivity contribution in [2.75, 3.05) is 0 Å². The van der Waals surface area contributed by atoms with Crippen LogP contribution in [-0.4, -0.2) is 25.4 Å². The topological polar surface area (TPSA) is 37.3 Å². The Morgan fingerprint density at radius 1 is 1.38 bits per heavy atom. The van der Waals surface area contributed by atoms with Gasteiger partial charge in [0.05, 0.1) is 5.60 Å². The Morgan fingerprint density at radius 3 is 2.38 bits per heavy atom. The fourth-order valence-corrected chi connectivity index (χ4v) is 4.75. The van der Waals surface area contributed by atoms with Crippen LogP contribution in [0.1, 0.15) is 32.6 Å². The predicted molar refractivity (Wildman–Crippen MR) is 54.0 cm³/mol. The molecule has 2 aliphatic rings. The quantitative estimate of drug-likeness (QED) is 0.649. The Balaban J connectivity index is 2.18. The maximum atomic E-state index is 11.7. The molecular formula is C10H16O2S. The number of allylic oxidation sites excluding steroid dienone is 1. The Morgan fingerprint density at radius 2 is 1.92 bits per heavy atom. The van der Waals surface area contributed by atoms with Crippen molar-refractivity contribution in [3.05, 3.63) is 12.2 Å². The molecule has 2 atom stereocenters. The molecule has 2 rings (SSSR count). The number of fused-ring (bicyclic) bond motifs is 2. The molecule has 3 heteroatoms. The van der Waals surface area contributed by atoms with Crippen molar-refractivity contribution in [2.45, 2.75) is 48.7 Å². The average molecular weight is 200 g/mol. The molecule has 0 aromatic rings. The lowest BCUT2D eigenvalue weighted by Gasteiger charge is -2.33. The molecule has 2 heterocycles. The van der Waals surface area contributed by atoms with Crippen LogP contribution in [0.4, 0.5) is 0 Å². The van der Waals surface area contributed by atoms with Crippen LogP contribution >= 0.6 is 0 Å². The van der Waals surface area contributed by atoms with Crippen LogP contribution in [0.5, 0.6) is 0 Å². The van der Waals surface area contributed by atoms with Gasteiger partial charge in [-0.1, -0.05) is 12.2 Å². The molecule has 0 aromatic heterocycles. The summed E-state index contributed by atoms with van der Waals surface area (Å²) in [5.41, 5.74) is -0.658. The summed E-state index contributed by atoms with van der Waals surface area (Å²) in [6.45, 7) is 1.92. The summed E-state index contributed by atoms with van der Waals surface area (Å²) in [6, 6.07) is 0. The van der Waals surface area contributed by atoms with Gasteiger partial charge in [0, 0.05) is 21.3 Å². The molecular weight excluding hydrogens is 184 g/mol. The van der Waals surface area contributed by atoms with E-state index in [1.54, 1.807) is 0 Å². The largest absolute Gasteiger partial charge is 0.386 e. The minimum atomic E-state index is -0.663. The lowest BCUT2D eigenvalue weighted by Crippen LogP contribution is -2.40. The minimum Gasteiger partial charge on any atom is -0.386 e. The van der Waals surface area contributed by atoms with Gasteiger partial charge in [-0.2, -0.15) is 0 Å². The van der Waals surface area contributed by atoms with Crippen molar-refractivity contribution in [2.24, 2.45) is 0 Å². The van der Waals surface area contributed by atoms with Crippen LogP contribution in [0.3, 0.4) is 0 Å². The van der Waals surface area contributed by atoms with Crippen LogP contribution < -0.4 is 0 Å². The molecule has 2 fully saturated rings. The Hall–Kier alpha value is -0.150. The highest BCUT2D eigenvalue weighted by Gasteiger charge is 2.46. The molecule has 0 amide bonds. The average Bonchev–Trinajstić information content (AvgIpc) is 2.34. The van der Waals surface area contributed by atoms with Crippen molar-refractivity contribution in [1.29, 1.82) is 0 Å². The van der Waals surface area contributed by atoms with E-state index in [-0.39, 0.29) is 10.5 Å². The highest BCUT2D eigenvalue weighted by Crippen LogP contribution is 2.41. The van der Waals surface area contributed by atoms with Gasteiger partial charge in [0.15, 0.2) is 0 Å². The second kappa shape index (κ2) is 3.21. The van der Waals surface area contributed by atoms with E-state index in [2.05, 4.69) is 0 Å². The van der Waals surface area contributed by atoms with Gasteiger partial charge in [-0.3, -0.25) is 4.21 Å². The summed E-state index contributed by atoms with van der Waals surface area (Å²) in [6.07, 6.45) is 7.23. The first-order valence-electron chi connectivity index (χ1n) is 4.90. The van der Waals surface area contributed by atoms with Crippen molar-refractivity contribution in [1.82, 2.24) is 0 Å². The zero-order chi connectivity index (χ0) is 9.47. The van der Waals surface area contributed by atoms with Gasteiger partial charge in [-0.15, -0.1) is 0 Å². The van der Waals surface area contributed by atoms with E-state index >= 15 is 0 Å². The van der Waals surface area contributed by atoms with E-state index in [4.69, 9.17) is 0 Å². The fourth-order valence-electron chi connectivity index (χ4n) is 2.56. The molecule has 0 aromatic carbocycles. The standard InChI is InChI=1S/C10H16O2S/c1-2-5-10(11)6-8-3-4-9(7-10)13(8)12/h2,5,8-9,11H,3-4,6-7H2,1H3/b5-2-. The van der Waals surface area contributed by atoms with Gasteiger partial charge in [-0.25, -0.2) is 0 Å². The summed E-state index contributed by atoms with van der Waals surface area (Å²) in [5, 5.41) is 10.6. The fraction of sp³-hybridized carbons (Fsp3) is 0.800. The van der Waals surface area contributed by atoms with Crippen LogP contribution in [0.15, 0.2) is 12.2 Å². The maximum Gasteiger partial charge on any atom is 0.0850 e. The minimum absolute atomic E-state index is 0.250. The zero-order valence-corrected chi connectivity index (χ0v) is 8.72. The van der Waals surface area contributed by atoms with Crippen molar-refractivity contribution >= 4 is 10.8 Å². The maximum absolute atomic E-state index is 11.7. The van der Waals surface area contributed by atoms with E-state index < -0.39 is 16.4 Å². The van der Waals surface area contributed by atoms with Gasteiger partial charge < -0.3 is 5.11 Å². The molecule has 74 valence electrons. The smallest absolute Gasteiger partial charge is 0.0850 e. The number of hydrogen-bond acceptors (Lipinski definition) is 2. The summed E-state index contributed by atoms with van der Waals surface area (Å²) in [5.74, 6) is 0. The van der Waals surface area contributed by atoms with Crippen LogP contribution in [-0.2, 0) is 10.8 Å². The third-order valence-corrected chi connectivity index (χ3v) is 5.23. The first-order chi connectivity index (χ1) is 6.14. The van der Waals surface area contributed by atoms with Crippen molar-refractivity contribution in [3.63, 3.8) is 0 Å². The molecule has 13 heavy (non-hydrogen) atoms. The third kappa shape index (κ3) is 1.59. The Bertz CT molecular complexity index is 244. The lowest BCUT2D eigenvalue weighted by atomic mass is 9.93. The highest BCUT2D eigenvalue weighted by atomic mass is 32.2. The van der Waals surface area contributed by atoms with E-state index in [9.17, 15) is 9.32 Å². The molecule has 2 nitrogen and oxygen atoms in total. The van der Waals surface area contributed by atoms with Crippen LogP contribution in [0, 0.1) is 0 Å². The molecule has 2 unspecified atom stereocenters. The van der Waals surface area contributed by atoms with Crippen molar-refractivity contribution in [3.8, 4) is 0 Å². The number of rotatable bonds is 1. The monoisotopic (exact) mass is 200 g/mol. The van der Waals surface area contributed by atoms with Gasteiger partial charge in [0.1, 0.15) is 0 Å². The Kier molecular flexibility index (Phi) is 2.32. The van der Waals surface area contributed by atoms with Gasteiger partial charge >= 0.3 is 0 Å². The number of hydrogen-bond donors (Lipinski definition) is 1. The summed E-state index contributed by atoms with van der Waals surface area (Å²) < 4.78 is 11.7. The van der Waals surface area contributed by atoms with Gasteiger partial charge in [0.25, 0.3) is 0 Å². The molecule has 2 aliphatic heterocycles. The summed E-state index contributed by atoms with van der Waals surface area (Å²) >= 11 is 0. The third-order valence-electron chi connectivity index (χ3n) is 3.11. The zero-order valence-electron chi connectivity index (χ0n) is 7.90. The molecule has 1 N–H and O–H groups in total. The van der Waals surface area contributed by atoms with Gasteiger partial charge in [-0.05, 0) is 32.6 Å². The number of aliphatic hydroxyl groups is 1. The second-order valence-electron chi connectivity index (χ2n) is 4.16. The lowest BCUT2D eigenvalue weighted by molar-refractivity contribution is 0.0721. The normalized spacial score (nSPS) is 50.2. The molecule has 2 bridgehead atoms. The van der Waals surface area contributed by atoms with Crippen molar-refractivity contribution < 1.29 is 9.32 Å². The molecule has 0 radical (unpaired) electrons. The van der Waals surface area contributed by atoms with E-state index in [1.807, 2.05) is 19.1 Å². The first-order valence-corrected chi connectivity index (χ1v) is 6.18. The van der Waals surface area contributed by atoms with E-state index in [0.717, 1.165) is 12.8 Å². The van der Waals surface area contributed by atoms with Crippen LogP contribution in [0.2, 0.25) is 0 Å². The SMILES string of the molecule is C/C=C\C1(O)CC2CCC(C1)S2=O. The summed E-state index contributed by atoms with van der Waals surface area (Å²) in [4.78, 5) is 0. The van der Waals surface area contributed by atoms with E-state index in [0.29, 0.717) is 12.8 Å². The first kappa shape index (κ1) is 9.41. The van der Waals surface area contributed by atoms with Gasteiger partial charge in [0.2, 0.25) is 0 Å².